The van der Waals surface area contributed by atoms with E-state index < -0.39 is 17.8 Å². The predicted molar refractivity (Wildman–Crippen MR) is 160 cm³/mol. The van der Waals surface area contributed by atoms with Gasteiger partial charge in [-0.25, -0.2) is 4.68 Å². The molecule has 0 radical (unpaired) electrons. The lowest BCUT2D eigenvalue weighted by Crippen LogP contribution is -2.35. The maximum absolute atomic E-state index is 13.9. The summed E-state index contributed by atoms with van der Waals surface area (Å²) in [4.78, 5) is 8.72. The smallest absolute Gasteiger partial charge is 0.383 e. The van der Waals surface area contributed by atoms with E-state index in [4.69, 9.17) is 11.6 Å². The van der Waals surface area contributed by atoms with Gasteiger partial charge in [-0.15, -0.1) is 5.10 Å². The lowest BCUT2D eigenvalue weighted by Gasteiger charge is -2.23. The summed E-state index contributed by atoms with van der Waals surface area (Å²) in [5.41, 5.74) is 0.987. The molecule has 0 saturated heterocycles. The summed E-state index contributed by atoms with van der Waals surface area (Å²) in [6, 6.07) is 12.6. The van der Waals surface area contributed by atoms with Crippen molar-refractivity contribution < 1.29 is 13.2 Å². The Bertz CT molecular complexity index is 1880. The molecule has 8 nitrogen and oxygen atoms in total. The van der Waals surface area contributed by atoms with Gasteiger partial charge in [0.25, 0.3) is 0 Å². The number of benzene rings is 2. The van der Waals surface area contributed by atoms with Crippen LogP contribution >= 0.6 is 11.6 Å². The summed E-state index contributed by atoms with van der Waals surface area (Å²) in [7, 11) is 0. The van der Waals surface area contributed by atoms with E-state index in [1.165, 1.54) is 12.4 Å². The summed E-state index contributed by atoms with van der Waals surface area (Å²) >= 11 is 6.73. The molecule has 1 fully saturated rings. The number of hydrogen-bond acceptors (Lipinski definition) is 7. The third kappa shape index (κ3) is 5.31. The van der Waals surface area contributed by atoms with Gasteiger partial charge in [-0.1, -0.05) is 55.8 Å². The monoisotopic (exact) mass is 604 g/mol. The summed E-state index contributed by atoms with van der Waals surface area (Å²) in [5.74, 6) is 0. The topological polar surface area (TPSA) is 104 Å². The molecular weight excluding hydrogens is 577 g/mol. The van der Waals surface area contributed by atoms with Crippen LogP contribution in [0.3, 0.4) is 0 Å². The van der Waals surface area contributed by atoms with Gasteiger partial charge in [0.2, 0.25) is 0 Å². The minimum Gasteiger partial charge on any atom is -0.383 e. The number of nitrogens with zero attached hydrogens (tertiary/aromatic N) is 6. The Kier molecular flexibility index (Phi) is 6.92. The normalized spacial score (nSPS) is 15.3. The van der Waals surface area contributed by atoms with Gasteiger partial charge in [0.05, 0.1) is 34.0 Å². The van der Waals surface area contributed by atoms with E-state index in [2.05, 4.69) is 57.8 Å². The van der Waals surface area contributed by atoms with Crippen LogP contribution in [-0.4, -0.2) is 37.7 Å². The molecule has 220 valence electrons. The molecule has 0 amide bonds. The Labute approximate surface area is 250 Å². The lowest BCUT2D eigenvalue weighted by atomic mass is 9.96. The zero-order chi connectivity index (χ0) is 30.6. The van der Waals surface area contributed by atoms with Gasteiger partial charge >= 0.3 is 6.18 Å². The molecule has 0 spiro atoms. The fourth-order valence-electron chi connectivity index (χ4n) is 5.22. The predicted octanol–water partition coefficient (Wildman–Crippen LogP) is 7.61. The summed E-state index contributed by atoms with van der Waals surface area (Å²) < 4.78 is 42.7. The van der Waals surface area contributed by atoms with E-state index in [-0.39, 0.29) is 18.3 Å². The largest absolute Gasteiger partial charge is 0.413 e. The molecular formula is C31H28ClF3N8. The van der Waals surface area contributed by atoms with E-state index in [9.17, 15) is 18.4 Å². The van der Waals surface area contributed by atoms with Crippen LogP contribution < -0.4 is 10.6 Å². The van der Waals surface area contributed by atoms with E-state index in [1.807, 2.05) is 30.3 Å². The van der Waals surface area contributed by atoms with Crippen molar-refractivity contribution in [1.82, 2.24) is 25.0 Å². The number of halogens is 4. The fraction of sp³-hybridized carbons (Fsp3) is 0.323. The van der Waals surface area contributed by atoms with Gasteiger partial charge in [-0.05, 0) is 47.4 Å². The first kappa shape index (κ1) is 28.7. The molecule has 0 aliphatic heterocycles. The quantitative estimate of drug-likeness (QED) is 0.197. The highest BCUT2D eigenvalue weighted by molar-refractivity contribution is 6.35. The van der Waals surface area contributed by atoms with Crippen LogP contribution in [0.5, 0.6) is 0 Å². The van der Waals surface area contributed by atoms with Crippen molar-refractivity contribution in [2.75, 3.05) is 17.2 Å². The number of aromatic nitrogens is 5. The molecule has 1 aliphatic rings. The van der Waals surface area contributed by atoms with Crippen molar-refractivity contribution in [3.05, 3.63) is 83.0 Å². The SMILES string of the molecule is CC(C)(C)CNc1c(C#N)cnc2c(Cl)cc(NC(c3cn(C4(C(F)(F)F)CC4)nn3)c3cccc4ccncc34)cc12. The number of pyridine rings is 2. The first-order valence-electron chi connectivity index (χ1n) is 13.8. The second-order valence-corrected chi connectivity index (χ2v) is 12.5. The Morgan fingerprint density at radius 2 is 1.91 bits per heavy atom. The number of fused-ring (bicyclic) bond motifs is 2. The second kappa shape index (κ2) is 10.4. The third-order valence-corrected chi connectivity index (χ3v) is 7.96. The fourth-order valence-corrected chi connectivity index (χ4v) is 5.49. The Morgan fingerprint density at radius 1 is 1.12 bits per heavy atom. The number of nitriles is 1. The average molecular weight is 605 g/mol. The summed E-state index contributed by atoms with van der Waals surface area (Å²) in [6.07, 6.45) is 1.71. The van der Waals surface area contributed by atoms with Crippen LogP contribution in [-0.2, 0) is 5.54 Å². The van der Waals surface area contributed by atoms with Crippen molar-refractivity contribution in [2.45, 2.75) is 51.4 Å². The van der Waals surface area contributed by atoms with E-state index in [1.54, 1.807) is 18.5 Å². The molecule has 0 bridgehead atoms. The van der Waals surface area contributed by atoms with Crippen molar-refractivity contribution in [1.29, 1.82) is 5.26 Å². The molecule has 12 heteroatoms. The molecule has 1 saturated carbocycles. The molecule has 5 aromatic rings. The van der Waals surface area contributed by atoms with Crippen molar-refractivity contribution in [2.24, 2.45) is 5.41 Å². The van der Waals surface area contributed by atoms with Gasteiger partial charge in [0, 0.05) is 41.6 Å². The maximum atomic E-state index is 13.9. The molecule has 6 rings (SSSR count). The zero-order valence-corrected chi connectivity index (χ0v) is 24.4. The maximum Gasteiger partial charge on any atom is 0.413 e. The number of hydrogen-bond donors (Lipinski definition) is 2. The summed E-state index contributed by atoms with van der Waals surface area (Å²) in [5, 5.41) is 27.6. The first-order chi connectivity index (χ1) is 20.4. The van der Waals surface area contributed by atoms with Crippen LogP contribution in [0.4, 0.5) is 24.5 Å². The van der Waals surface area contributed by atoms with Crippen LogP contribution in [0.15, 0.2) is 61.2 Å². The first-order valence-corrected chi connectivity index (χ1v) is 14.1. The van der Waals surface area contributed by atoms with Crippen LogP contribution in [0.25, 0.3) is 21.7 Å². The number of anilines is 2. The second-order valence-electron chi connectivity index (χ2n) is 12.1. The van der Waals surface area contributed by atoms with Crippen LogP contribution in [0, 0.1) is 16.7 Å². The Balaban J connectivity index is 1.49. The minimum absolute atomic E-state index is 0.0472. The third-order valence-electron chi connectivity index (χ3n) is 7.68. The zero-order valence-electron chi connectivity index (χ0n) is 23.7. The molecule has 1 aliphatic carbocycles. The standard InChI is InChI=1S/C31H28ClF3N8/c1-29(2,3)17-39-26-19(13-36)14-38-27-22(26)11-20(12-24(27)32)40-28(21-6-4-5-18-7-10-37-15-23(18)21)25-16-43(42-41-25)30(8-9-30)31(33,34)35/h4-7,10-12,14-16,28,40H,8-9,17H2,1-3H3,(H,38,39). The lowest BCUT2D eigenvalue weighted by molar-refractivity contribution is -0.182. The van der Waals surface area contributed by atoms with Crippen molar-refractivity contribution >= 4 is 44.7 Å². The van der Waals surface area contributed by atoms with E-state index in [0.29, 0.717) is 45.1 Å². The van der Waals surface area contributed by atoms with Crippen LogP contribution in [0.1, 0.15) is 56.5 Å². The Morgan fingerprint density at radius 3 is 2.60 bits per heavy atom. The number of alkyl halides is 3. The highest BCUT2D eigenvalue weighted by Gasteiger charge is 2.66. The molecule has 43 heavy (non-hydrogen) atoms. The van der Waals surface area contributed by atoms with Gasteiger partial charge in [-0.2, -0.15) is 18.4 Å². The summed E-state index contributed by atoms with van der Waals surface area (Å²) in [6.45, 7) is 6.83. The van der Waals surface area contributed by atoms with Crippen LogP contribution in [0.2, 0.25) is 5.02 Å². The van der Waals surface area contributed by atoms with E-state index >= 15 is 0 Å². The molecule has 1 atom stereocenters. The number of nitrogens with one attached hydrogen (secondary N) is 2. The number of rotatable bonds is 7. The molecule has 3 heterocycles. The van der Waals surface area contributed by atoms with Crippen molar-refractivity contribution in [3.8, 4) is 6.07 Å². The minimum atomic E-state index is -4.45. The van der Waals surface area contributed by atoms with Gasteiger partial charge < -0.3 is 10.6 Å². The van der Waals surface area contributed by atoms with Crippen molar-refractivity contribution in [3.63, 3.8) is 0 Å². The average Bonchev–Trinajstić information content (AvgIpc) is 3.65. The molecule has 2 N–H and O–H groups in total. The molecule has 1 unspecified atom stereocenters. The Hall–Kier alpha value is -4.43. The molecule has 2 aromatic carbocycles. The van der Waals surface area contributed by atoms with Gasteiger partial charge in [0.1, 0.15) is 11.8 Å². The highest BCUT2D eigenvalue weighted by Crippen LogP contribution is 2.55. The molecule has 3 aromatic heterocycles. The van der Waals surface area contributed by atoms with Gasteiger partial charge in [0.15, 0.2) is 5.54 Å². The highest BCUT2D eigenvalue weighted by atomic mass is 35.5. The van der Waals surface area contributed by atoms with E-state index in [0.717, 1.165) is 21.0 Å². The van der Waals surface area contributed by atoms with Gasteiger partial charge in [-0.3, -0.25) is 9.97 Å².